The number of hydrogen-bond acceptors (Lipinski definition) is 13. The van der Waals surface area contributed by atoms with E-state index >= 15 is 4.79 Å². The smallest absolute Gasteiger partial charge is 0.410 e. The number of methoxy groups -OCH3 is 1. The third kappa shape index (κ3) is 14.2. The van der Waals surface area contributed by atoms with Crippen LogP contribution in [0.15, 0.2) is 114 Å². The Kier molecular flexibility index (Phi) is 21.3. The summed E-state index contributed by atoms with van der Waals surface area (Å²) in [5.41, 5.74) is 4.56. The van der Waals surface area contributed by atoms with E-state index in [0.29, 0.717) is 58.6 Å². The maximum Gasteiger partial charge on any atom is 0.410 e. The van der Waals surface area contributed by atoms with Gasteiger partial charge in [0, 0.05) is 37.7 Å². The zero-order valence-electron chi connectivity index (χ0n) is 45.3. The maximum atomic E-state index is 15.3. The molecule has 14 nitrogen and oxygen atoms in total. The first kappa shape index (κ1) is 56.8. The minimum Gasteiger partial charge on any atom is -0.496 e. The van der Waals surface area contributed by atoms with Crippen molar-refractivity contribution in [1.29, 1.82) is 0 Å². The average Bonchev–Trinajstić information content (AvgIpc) is 4.08. The van der Waals surface area contributed by atoms with Crippen molar-refractivity contribution in [2.45, 2.75) is 147 Å². The Morgan fingerprint density at radius 3 is 2.26 bits per heavy atom. The second-order valence-corrected chi connectivity index (χ2v) is 20.8. The van der Waals surface area contributed by atoms with Crippen LogP contribution in [-0.4, -0.2) is 85.4 Å². The van der Waals surface area contributed by atoms with Crippen molar-refractivity contribution in [3.63, 3.8) is 0 Å². The van der Waals surface area contributed by atoms with E-state index in [-0.39, 0.29) is 70.5 Å². The molecule has 0 spiro atoms. The predicted molar refractivity (Wildman–Crippen MR) is 296 cm³/mol. The molecule has 14 heteroatoms. The van der Waals surface area contributed by atoms with Gasteiger partial charge in [0.2, 0.25) is 12.6 Å². The molecule has 6 unspecified atom stereocenters. The van der Waals surface area contributed by atoms with Gasteiger partial charge in [0.05, 0.1) is 37.5 Å². The average molecular weight is 1060 g/mol. The van der Waals surface area contributed by atoms with Gasteiger partial charge in [0.15, 0.2) is 17.8 Å². The van der Waals surface area contributed by atoms with Gasteiger partial charge >= 0.3 is 6.09 Å². The molecular formula is C63H80N2O12. The third-order valence-electron chi connectivity index (χ3n) is 15.6. The van der Waals surface area contributed by atoms with Gasteiger partial charge in [-0.25, -0.2) is 4.79 Å². The zero-order valence-corrected chi connectivity index (χ0v) is 45.3. The lowest BCUT2D eigenvalue weighted by Gasteiger charge is -2.59. The van der Waals surface area contributed by atoms with Crippen LogP contribution in [0.1, 0.15) is 149 Å². The zero-order chi connectivity index (χ0) is 53.8. The molecule has 2 aliphatic heterocycles. The van der Waals surface area contributed by atoms with Gasteiger partial charge < -0.3 is 48.2 Å². The summed E-state index contributed by atoms with van der Waals surface area (Å²) in [4.78, 5) is 35.5. The third-order valence-corrected chi connectivity index (χ3v) is 15.6. The van der Waals surface area contributed by atoms with Crippen molar-refractivity contribution in [3.8, 4) is 34.5 Å². The lowest BCUT2D eigenvalue weighted by atomic mass is 9.55. The Hall–Kier alpha value is -6.35. The van der Waals surface area contributed by atoms with E-state index in [9.17, 15) is 15.0 Å². The molecule has 1 fully saturated rings. The number of benzene rings is 4. The molecule has 6 atom stereocenters. The SMILES string of the molecule is C=CCOC12Oc3ccc(Oc4ccc(OC)c(C=O)c4)cc3C3C(CCCCO)C(CCCCO)C=C(C(=NOCc4ccccc4)CC1N(Cc1ccc4c(c1)OCO4)C(=O)OCCCCCCCCCCCC)C32. The molecule has 1 saturated carbocycles. The van der Waals surface area contributed by atoms with Crippen molar-refractivity contribution >= 4 is 18.1 Å². The van der Waals surface area contributed by atoms with E-state index in [2.05, 4.69) is 19.6 Å². The first-order valence-corrected chi connectivity index (χ1v) is 28.2. The number of oxime groups is 1. The standard InChI is InChI=1S/C63H80N2O12/c1-4-6-7-8-9-10-11-12-13-21-35-71-62(69)65(41-46-26-29-57-58(36-46)73-44-72-57)59-40-54(64-75-43-45-22-15-14-16-23-45)52-38-47(24-17-19-32-66)51(25-18-20-33-67)60-53-39-50(76-49-27-30-55(70-3)48(37-49)42-68)28-31-56(53)77-63(59,61(52)60)74-34-5-2/h5,14-16,22-23,26-31,36-39,42,47,51,59-61,66-67H,2,4,6-13,17-21,24-25,32-35,40-41,43-44H2,1,3H3. The molecule has 2 heterocycles. The largest absolute Gasteiger partial charge is 0.496 e. The van der Waals surface area contributed by atoms with Gasteiger partial charge in [-0.3, -0.25) is 9.69 Å². The van der Waals surface area contributed by atoms with E-state index in [1.807, 2.05) is 66.7 Å². The number of nitrogens with zero attached hydrogens (tertiary/aromatic N) is 2. The molecule has 8 rings (SSSR count). The van der Waals surface area contributed by atoms with Crippen LogP contribution in [0.3, 0.4) is 0 Å². The summed E-state index contributed by atoms with van der Waals surface area (Å²) < 4.78 is 44.7. The molecule has 4 aromatic carbocycles. The Bertz CT molecular complexity index is 2600. The van der Waals surface area contributed by atoms with Gasteiger partial charge in [-0.2, -0.15) is 0 Å². The van der Waals surface area contributed by atoms with Crippen LogP contribution in [-0.2, 0) is 27.5 Å². The van der Waals surface area contributed by atoms with Crippen LogP contribution in [0.25, 0.3) is 0 Å². The molecule has 0 saturated heterocycles. The van der Waals surface area contributed by atoms with Gasteiger partial charge in [0.1, 0.15) is 35.6 Å². The second-order valence-electron chi connectivity index (χ2n) is 20.8. The van der Waals surface area contributed by atoms with Crippen LogP contribution in [0.2, 0.25) is 0 Å². The molecule has 0 bridgehead atoms. The van der Waals surface area contributed by atoms with E-state index < -0.39 is 23.8 Å². The summed E-state index contributed by atoms with van der Waals surface area (Å²) >= 11 is 0. The lowest BCUT2D eigenvalue weighted by Crippen LogP contribution is -2.70. The van der Waals surface area contributed by atoms with E-state index in [1.165, 1.54) is 45.6 Å². The summed E-state index contributed by atoms with van der Waals surface area (Å²) in [6.45, 7) is 7.26. The molecule has 4 aromatic rings. The number of rotatable bonds is 32. The number of aldehydes is 1. The lowest BCUT2D eigenvalue weighted by molar-refractivity contribution is -0.256. The number of carbonyl (C=O) groups is 2. The van der Waals surface area contributed by atoms with Crippen LogP contribution in [0, 0.1) is 17.8 Å². The first-order valence-electron chi connectivity index (χ1n) is 28.2. The summed E-state index contributed by atoms with van der Waals surface area (Å²) in [5.74, 6) is 0.763. The van der Waals surface area contributed by atoms with Crippen molar-refractivity contribution in [2.75, 3.05) is 40.3 Å². The molecule has 2 N–H and O–H groups in total. The van der Waals surface area contributed by atoms with Crippen LogP contribution in [0.4, 0.5) is 4.79 Å². The summed E-state index contributed by atoms with van der Waals surface area (Å²) in [7, 11) is 1.52. The molecule has 0 aromatic heterocycles. The number of amides is 1. The first-order chi connectivity index (χ1) is 37.8. The highest BCUT2D eigenvalue weighted by Gasteiger charge is 2.66. The van der Waals surface area contributed by atoms with Crippen molar-refractivity contribution in [2.24, 2.45) is 22.9 Å². The summed E-state index contributed by atoms with van der Waals surface area (Å²) in [5, 5.41) is 25.3. The van der Waals surface area contributed by atoms with Crippen molar-refractivity contribution < 1.29 is 57.8 Å². The van der Waals surface area contributed by atoms with Crippen LogP contribution >= 0.6 is 0 Å². The summed E-state index contributed by atoms with van der Waals surface area (Å²) in [6, 6.07) is 25.7. The van der Waals surface area contributed by atoms with Gasteiger partial charge in [-0.05, 0) is 109 Å². The Morgan fingerprint density at radius 2 is 1.52 bits per heavy atom. The van der Waals surface area contributed by atoms with E-state index in [4.69, 9.17) is 43.2 Å². The fourth-order valence-electron chi connectivity index (χ4n) is 11.8. The van der Waals surface area contributed by atoms with E-state index in [0.717, 1.165) is 79.9 Å². The maximum absolute atomic E-state index is 15.3. The van der Waals surface area contributed by atoms with Gasteiger partial charge in [-0.15, -0.1) is 6.58 Å². The Balaban J connectivity index is 1.24. The number of allylic oxidation sites excluding steroid dienone is 1. The van der Waals surface area contributed by atoms with E-state index in [1.54, 1.807) is 29.2 Å². The molecule has 1 amide bonds. The number of carbonyl (C=O) groups excluding carboxylic acids is 2. The molecule has 77 heavy (non-hydrogen) atoms. The van der Waals surface area contributed by atoms with Crippen LogP contribution in [0.5, 0.6) is 34.5 Å². The predicted octanol–water partition coefficient (Wildman–Crippen LogP) is 13.4. The number of unbranched alkanes of at least 4 members (excludes halogenated alkanes) is 11. The highest BCUT2D eigenvalue weighted by atomic mass is 16.7. The fraction of sp³-hybridized carbons (Fsp3) is 0.508. The topological polar surface area (TPSA) is 164 Å². The number of ether oxygens (including phenoxy) is 7. The van der Waals surface area contributed by atoms with Crippen LogP contribution < -0.4 is 23.7 Å². The fourth-order valence-corrected chi connectivity index (χ4v) is 11.8. The summed E-state index contributed by atoms with van der Waals surface area (Å²) in [6.07, 6.45) is 20.3. The molecule has 0 radical (unpaired) electrons. The quantitative estimate of drug-likeness (QED) is 0.0206. The normalized spacial score (nSPS) is 21.3. The van der Waals surface area contributed by atoms with Gasteiger partial charge in [-0.1, -0.05) is 131 Å². The van der Waals surface area contributed by atoms with Crippen molar-refractivity contribution in [1.82, 2.24) is 4.90 Å². The molecule has 2 aliphatic carbocycles. The highest BCUT2D eigenvalue weighted by Crippen LogP contribution is 2.62. The Labute approximate surface area is 455 Å². The number of fused-ring (bicyclic) bond motifs is 3. The van der Waals surface area contributed by atoms with Gasteiger partial charge in [0.25, 0.3) is 0 Å². The highest BCUT2D eigenvalue weighted by molar-refractivity contribution is 6.03. The molecular weight excluding hydrogens is 977 g/mol. The molecule has 4 aliphatic rings. The Morgan fingerprint density at radius 1 is 0.805 bits per heavy atom. The number of aliphatic hydroxyl groups excluding tert-OH is 2. The minimum atomic E-state index is -1.54. The minimum absolute atomic E-state index is 0.00694. The molecule has 414 valence electrons. The monoisotopic (exact) mass is 1060 g/mol. The second kappa shape index (κ2) is 28.9. The number of hydrogen-bond donors (Lipinski definition) is 2. The van der Waals surface area contributed by atoms with Crippen molar-refractivity contribution in [3.05, 3.63) is 131 Å². The number of aliphatic hydroxyl groups is 2.